The molecule has 22 heavy (non-hydrogen) atoms. The maximum absolute atomic E-state index is 12.3. The maximum Gasteiger partial charge on any atom is 0.328 e. The molecule has 0 aliphatic carbocycles. The molecule has 0 atom stereocenters. The smallest absolute Gasteiger partial charge is 0.297 e. The van der Waals surface area contributed by atoms with Crippen LogP contribution in [0, 0.1) is 6.92 Å². The van der Waals surface area contributed by atoms with Crippen molar-refractivity contribution in [2.75, 3.05) is 12.0 Å². The Hall–Kier alpha value is -2.18. The normalized spacial score (nSPS) is 13.5. The van der Waals surface area contributed by atoms with Crippen molar-refractivity contribution in [2.24, 2.45) is 4.99 Å². The molecule has 2 amide bonds. The van der Waals surface area contributed by atoms with Crippen LogP contribution in [0.5, 0.6) is 0 Å². The number of aliphatic imine (C=N–C) groups is 1. The van der Waals surface area contributed by atoms with Crippen LogP contribution in [0.3, 0.4) is 0 Å². The fourth-order valence-corrected chi connectivity index (χ4v) is 3.05. The Kier molecular flexibility index (Phi) is 4.22. The number of anilines is 1. The lowest BCUT2D eigenvalue weighted by molar-refractivity contribution is 0.229. The minimum atomic E-state index is -0.236. The van der Waals surface area contributed by atoms with E-state index in [2.05, 4.69) is 15.3 Å². The second-order valence-corrected chi connectivity index (χ2v) is 6.28. The van der Waals surface area contributed by atoms with Gasteiger partial charge in [-0.25, -0.2) is 9.78 Å². The van der Waals surface area contributed by atoms with Gasteiger partial charge in [0.1, 0.15) is 17.4 Å². The summed E-state index contributed by atoms with van der Waals surface area (Å²) < 4.78 is 0. The Morgan fingerprint density at radius 2 is 2.32 bits per heavy atom. The van der Waals surface area contributed by atoms with Crippen molar-refractivity contribution in [3.8, 4) is 11.3 Å². The van der Waals surface area contributed by atoms with Crippen molar-refractivity contribution in [2.45, 2.75) is 6.92 Å². The second kappa shape index (κ2) is 6.29. The van der Waals surface area contributed by atoms with Crippen LogP contribution < -0.4 is 5.32 Å². The number of carbonyl (C=O) groups excluding carboxylic acids is 1. The van der Waals surface area contributed by atoms with Crippen molar-refractivity contribution < 1.29 is 4.79 Å². The second-order valence-electron chi connectivity index (χ2n) is 4.64. The van der Waals surface area contributed by atoms with Crippen LogP contribution >= 0.6 is 22.9 Å². The minimum absolute atomic E-state index is 0.236. The van der Waals surface area contributed by atoms with Gasteiger partial charge in [-0.05, 0) is 25.1 Å². The van der Waals surface area contributed by atoms with E-state index in [1.807, 2.05) is 25.1 Å². The molecular weight excluding hydrogens is 320 g/mol. The van der Waals surface area contributed by atoms with Crippen LogP contribution in [0.2, 0.25) is 5.02 Å². The first-order valence-electron chi connectivity index (χ1n) is 6.61. The molecule has 0 bridgehead atoms. The summed E-state index contributed by atoms with van der Waals surface area (Å²) >= 11 is 7.47. The van der Waals surface area contributed by atoms with Gasteiger partial charge in [0.05, 0.1) is 5.01 Å². The van der Waals surface area contributed by atoms with E-state index in [1.165, 1.54) is 16.2 Å². The minimum Gasteiger partial charge on any atom is -0.297 e. The lowest BCUT2D eigenvalue weighted by Crippen LogP contribution is -2.31. The highest BCUT2D eigenvalue weighted by molar-refractivity contribution is 7.16. The summed E-state index contributed by atoms with van der Waals surface area (Å²) in [5, 5.41) is 5.10. The molecule has 112 valence electrons. The van der Waals surface area contributed by atoms with E-state index in [-0.39, 0.29) is 6.03 Å². The number of allylic oxidation sites excluding steroid dienone is 1. The molecule has 0 saturated carbocycles. The largest absolute Gasteiger partial charge is 0.328 e. The maximum atomic E-state index is 12.3. The van der Waals surface area contributed by atoms with Crippen molar-refractivity contribution in [1.82, 2.24) is 9.88 Å². The fraction of sp³-hybridized carbons (Fsp3) is 0.133. The number of hydrogen-bond donors (Lipinski definition) is 1. The van der Waals surface area contributed by atoms with E-state index >= 15 is 0 Å². The molecule has 1 aliphatic heterocycles. The van der Waals surface area contributed by atoms with Crippen molar-refractivity contribution in [3.63, 3.8) is 0 Å². The van der Waals surface area contributed by atoms with Gasteiger partial charge in [-0.3, -0.25) is 15.2 Å². The first-order valence-corrected chi connectivity index (χ1v) is 7.80. The van der Waals surface area contributed by atoms with Gasteiger partial charge >= 0.3 is 6.03 Å². The third-order valence-electron chi connectivity index (χ3n) is 3.00. The summed E-state index contributed by atoms with van der Waals surface area (Å²) in [6.07, 6.45) is 5.08. The van der Waals surface area contributed by atoms with Crippen LogP contribution in [0.15, 0.2) is 41.5 Å². The molecule has 2 heterocycles. The molecule has 0 saturated heterocycles. The highest BCUT2D eigenvalue weighted by Crippen LogP contribution is 2.34. The number of aryl methyl sites for hydroxylation is 1. The number of hydrogen-bond acceptors (Lipinski definition) is 4. The SMILES string of the molecule is Cc1nc(-c2cccc(Cl)c2)c(NC(=O)N2C=CC=NC2)s1. The molecule has 1 N–H and O–H groups in total. The summed E-state index contributed by atoms with van der Waals surface area (Å²) in [5.74, 6) is 0. The Balaban J connectivity index is 1.87. The third-order valence-corrected chi connectivity index (χ3v) is 4.13. The van der Waals surface area contributed by atoms with Gasteiger partial charge in [0.2, 0.25) is 0 Å². The van der Waals surface area contributed by atoms with Gasteiger partial charge in [0.25, 0.3) is 0 Å². The Morgan fingerprint density at radius 1 is 1.45 bits per heavy atom. The zero-order valence-corrected chi connectivity index (χ0v) is 13.4. The topological polar surface area (TPSA) is 57.6 Å². The lowest BCUT2D eigenvalue weighted by atomic mass is 10.1. The molecule has 1 aromatic carbocycles. The van der Waals surface area contributed by atoms with Crippen molar-refractivity contribution in [3.05, 3.63) is 46.6 Å². The molecule has 0 radical (unpaired) electrons. The van der Waals surface area contributed by atoms with E-state index in [4.69, 9.17) is 11.6 Å². The average Bonchev–Trinajstić information content (AvgIpc) is 2.89. The number of nitrogens with zero attached hydrogens (tertiary/aromatic N) is 3. The van der Waals surface area contributed by atoms with Crippen molar-refractivity contribution in [1.29, 1.82) is 0 Å². The predicted molar refractivity (Wildman–Crippen MR) is 90.7 cm³/mol. The quantitative estimate of drug-likeness (QED) is 0.897. The van der Waals surface area contributed by atoms with Crippen molar-refractivity contribution >= 4 is 40.2 Å². The highest BCUT2D eigenvalue weighted by Gasteiger charge is 2.17. The van der Waals surface area contributed by atoms with Gasteiger partial charge in [0, 0.05) is 23.0 Å². The van der Waals surface area contributed by atoms with E-state index < -0.39 is 0 Å². The molecule has 0 spiro atoms. The number of carbonyl (C=O) groups is 1. The van der Waals surface area contributed by atoms with E-state index in [0.29, 0.717) is 16.7 Å². The van der Waals surface area contributed by atoms with E-state index in [1.54, 1.807) is 24.6 Å². The average molecular weight is 333 g/mol. The Morgan fingerprint density at radius 3 is 3.05 bits per heavy atom. The zero-order valence-electron chi connectivity index (χ0n) is 11.8. The van der Waals surface area contributed by atoms with Gasteiger partial charge in [-0.1, -0.05) is 23.7 Å². The van der Waals surface area contributed by atoms with Gasteiger partial charge < -0.3 is 0 Å². The molecule has 0 unspecified atom stereocenters. The summed E-state index contributed by atoms with van der Waals surface area (Å²) in [7, 11) is 0. The van der Waals surface area contributed by atoms with Crippen LogP contribution in [-0.2, 0) is 0 Å². The van der Waals surface area contributed by atoms with E-state index in [0.717, 1.165) is 16.3 Å². The Labute approximate surface area is 137 Å². The summed E-state index contributed by atoms with van der Waals surface area (Å²) in [4.78, 5) is 22.3. The number of thiazole rings is 1. The molecular formula is C15H13ClN4OS. The summed E-state index contributed by atoms with van der Waals surface area (Å²) in [5.41, 5.74) is 1.60. The van der Waals surface area contributed by atoms with E-state index in [9.17, 15) is 4.79 Å². The number of halogens is 1. The predicted octanol–water partition coefficient (Wildman–Crippen LogP) is 4.16. The van der Waals surface area contributed by atoms with Gasteiger partial charge in [0.15, 0.2) is 0 Å². The summed E-state index contributed by atoms with van der Waals surface area (Å²) in [6, 6.07) is 7.18. The Bertz CT molecular complexity index is 769. The van der Waals surface area contributed by atoms with Gasteiger partial charge in [-0.2, -0.15) is 0 Å². The third kappa shape index (κ3) is 3.18. The molecule has 3 rings (SSSR count). The number of rotatable bonds is 2. The number of benzene rings is 1. The lowest BCUT2D eigenvalue weighted by Gasteiger charge is -2.18. The molecule has 1 aliphatic rings. The standard InChI is InChI=1S/C15H13ClN4OS/c1-10-18-13(11-4-2-5-12(16)8-11)14(22-10)19-15(21)20-7-3-6-17-9-20/h2-8H,9H2,1H3,(H,19,21). The zero-order chi connectivity index (χ0) is 15.5. The monoisotopic (exact) mass is 332 g/mol. The summed E-state index contributed by atoms with van der Waals surface area (Å²) in [6.45, 7) is 2.21. The molecule has 0 fully saturated rings. The fourth-order valence-electron chi connectivity index (χ4n) is 2.03. The highest BCUT2D eigenvalue weighted by atomic mass is 35.5. The van der Waals surface area contributed by atoms with Crippen LogP contribution in [-0.4, -0.2) is 28.8 Å². The molecule has 7 heteroatoms. The van der Waals surface area contributed by atoms with Crippen LogP contribution in [0.25, 0.3) is 11.3 Å². The number of aromatic nitrogens is 1. The molecule has 2 aromatic rings. The first kappa shape index (κ1) is 14.7. The number of urea groups is 1. The number of amides is 2. The molecule has 1 aromatic heterocycles. The molecule has 5 nitrogen and oxygen atoms in total. The van der Waals surface area contributed by atoms with Crippen LogP contribution in [0.1, 0.15) is 5.01 Å². The first-order chi connectivity index (χ1) is 10.6. The number of nitrogens with one attached hydrogen (secondary N) is 1. The van der Waals surface area contributed by atoms with Crippen LogP contribution in [0.4, 0.5) is 9.80 Å². The van der Waals surface area contributed by atoms with Gasteiger partial charge in [-0.15, -0.1) is 11.3 Å².